The number of rotatable bonds is 6. The molecule has 1 saturated heterocycles. The summed E-state index contributed by atoms with van der Waals surface area (Å²) in [5, 5.41) is 0. The summed E-state index contributed by atoms with van der Waals surface area (Å²) in [7, 11) is -3.40. The Hall–Kier alpha value is -0.620. The van der Waals surface area contributed by atoms with Crippen molar-refractivity contribution >= 4 is 15.7 Å². The molecule has 3 rings (SSSR count). The number of ether oxygens (including phenoxy) is 1. The highest BCUT2D eigenvalue weighted by atomic mass is 32.2. The molecule has 2 saturated carbocycles. The Morgan fingerprint density at radius 2 is 1.40 bits per heavy atom. The SMILES string of the molecule is O=C(CS(=O)(=O)CC1CCCO1)N(C1CCCCC1)C1CCCCC1. The molecule has 0 bridgehead atoms. The smallest absolute Gasteiger partial charge is 0.238 e. The van der Waals surface area contributed by atoms with Gasteiger partial charge in [0.2, 0.25) is 5.91 Å². The molecule has 1 heterocycles. The van der Waals surface area contributed by atoms with Gasteiger partial charge in [-0.1, -0.05) is 38.5 Å². The predicted molar refractivity (Wildman–Crippen MR) is 98.2 cm³/mol. The molecule has 0 N–H and O–H groups in total. The van der Waals surface area contributed by atoms with Crippen LogP contribution in [0.5, 0.6) is 0 Å². The molecule has 0 aromatic rings. The van der Waals surface area contributed by atoms with E-state index in [1.54, 1.807) is 0 Å². The fourth-order valence-electron chi connectivity index (χ4n) is 4.80. The van der Waals surface area contributed by atoms with Gasteiger partial charge in [0.05, 0.1) is 11.9 Å². The normalized spacial score (nSPS) is 26.6. The van der Waals surface area contributed by atoms with Crippen molar-refractivity contribution in [2.45, 2.75) is 95.2 Å². The van der Waals surface area contributed by atoms with Crippen LogP contribution in [0.15, 0.2) is 0 Å². The average molecular weight is 372 g/mol. The molecule has 2 aliphatic carbocycles. The number of sulfone groups is 1. The third kappa shape index (κ3) is 5.43. The van der Waals surface area contributed by atoms with Crippen LogP contribution >= 0.6 is 0 Å². The molecule has 3 aliphatic rings. The molecule has 1 aliphatic heterocycles. The molecular formula is C19H33NO4S. The van der Waals surface area contributed by atoms with Crippen LogP contribution in [0.2, 0.25) is 0 Å². The summed E-state index contributed by atoms with van der Waals surface area (Å²) >= 11 is 0. The molecule has 0 aromatic carbocycles. The first-order chi connectivity index (χ1) is 12.1. The third-order valence-corrected chi connectivity index (χ3v) is 7.60. The maximum atomic E-state index is 13.0. The van der Waals surface area contributed by atoms with Gasteiger partial charge < -0.3 is 9.64 Å². The van der Waals surface area contributed by atoms with Crippen LogP contribution in [-0.4, -0.2) is 55.5 Å². The van der Waals surface area contributed by atoms with Crippen molar-refractivity contribution in [2.75, 3.05) is 18.1 Å². The first kappa shape index (κ1) is 19.2. The van der Waals surface area contributed by atoms with Crippen LogP contribution < -0.4 is 0 Å². The van der Waals surface area contributed by atoms with Crippen molar-refractivity contribution in [3.05, 3.63) is 0 Å². The second-order valence-corrected chi connectivity index (χ2v) is 10.2. The minimum atomic E-state index is -3.40. The minimum absolute atomic E-state index is 0.00190. The molecule has 1 atom stereocenters. The average Bonchev–Trinajstić information content (AvgIpc) is 3.08. The standard InChI is InChI=1S/C19H33NO4S/c21-19(15-25(22,23)14-18-12-7-13-24-18)20(16-8-3-1-4-9-16)17-10-5-2-6-11-17/h16-18H,1-15H2. The molecule has 6 heteroatoms. The van der Waals surface area contributed by atoms with Crippen molar-refractivity contribution in [1.29, 1.82) is 0 Å². The molecule has 1 unspecified atom stereocenters. The molecule has 0 aromatic heterocycles. The summed E-state index contributed by atoms with van der Waals surface area (Å²) in [5.74, 6) is -0.487. The maximum absolute atomic E-state index is 13.0. The summed E-state index contributed by atoms with van der Waals surface area (Å²) in [6, 6.07) is 0.504. The molecule has 144 valence electrons. The third-order valence-electron chi connectivity index (χ3n) is 6.03. The second-order valence-electron chi connectivity index (χ2n) is 8.07. The van der Waals surface area contributed by atoms with E-state index in [1.165, 1.54) is 12.8 Å². The van der Waals surface area contributed by atoms with E-state index in [0.717, 1.165) is 64.2 Å². The van der Waals surface area contributed by atoms with E-state index < -0.39 is 9.84 Å². The Bertz CT molecular complexity index is 512. The lowest BCUT2D eigenvalue weighted by Gasteiger charge is -2.41. The zero-order valence-corrected chi connectivity index (χ0v) is 16.1. The van der Waals surface area contributed by atoms with Gasteiger partial charge in [0.25, 0.3) is 0 Å². The lowest BCUT2D eigenvalue weighted by Crippen LogP contribution is -2.51. The summed E-state index contributed by atoms with van der Waals surface area (Å²) < 4.78 is 30.5. The van der Waals surface area contributed by atoms with Crippen LogP contribution in [0.25, 0.3) is 0 Å². The molecule has 3 fully saturated rings. The molecule has 25 heavy (non-hydrogen) atoms. The zero-order chi connectivity index (χ0) is 17.7. The topological polar surface area (TPSA) is 63.7 Å². The lowest BCUT2D eigenvalue weighted by atomic mass is 9.88. The van der Waals surface area contributed by atoms with E-state index in [9.17, 15) is 13.2 Å². The fraction of sp³-hybridized carbons (Fsp3) is 0.947. The van der Waals surface area contributed by atoms with Crippen LogP contribution in [0, 0.1) is 0 Å². The van der Waals surface area contributed by atoms with E-state index >= 15 is 0 Å². The quantitative estimate of drug-likeness (QED) is 0.720. The summed E-state index contributed by atoms with van der Waals surface area (Å²) in [5.41, 5.74) is 0. The van der Waals surface area contributed by atoms with Gasteiger partial charge in [-0.25, -0.2) is 8.42 Å². The monoisotopic (exact) mass is 371 g/mol. The van der Waals surface area contributed by atoms with Crippen LogP contribution in [0.3, 0.4) is 0 Å². The van der Waals surface area contributed by atoms with E-state index in [2.05, 4.69) is 0 Å². The van der Waals surface area contributed by atoms with Crippen LogP contribution in [0.4, 0.5) is 0 Å². The Balaban J connectivity index is 1.66. The van der Waals surface area contributed by atoms with Gasteiger partial charge in [0.15, 0.2) is 9.84 Å². The van der Waals surface area contributed by atoms with Gasteiger partial charge in [-0.3, -0.25) is 4.79 Å². The highest BCUT2D eigenvalue weighted by Gasteiger charge is 2.35. The Kier molecular flexibility index (Phi) is 6.78. The Morgan fingerprint density at radius 1 is 0.840 bits per heavy atom. The number of hydrogen-bond donors (Lipinski definition) is 0. The fourth-order valence-corrected chi connectivity index (χ4v) is 6.28. The van der Waals surface area contributed by atoms with Gasteiger partial charge in [-0.15, -0.1) is 0 Å². The van der Waals surface area contributed by atoms with E-state index in [-0.39, 0.29) is 35.6 Å². The Labute approximate surface area is 152 Å². The number of amides is 1. The first-order valence-corrected chi connectivity index (χ1v) is 12.0. The number of carbonyl (C=O) groups is 1. The molecule has 0 radical (unpaired) electrons. The summed E-state index contributed by atoms with van der Waals surface area (Å²) in [6.07, 6.45) is 12.7. The van der Waals surface area contributed by atoms with E-state index in [1.807, 2.05) is 4.90 Å². The molecule has 1 amide bonds. The molecule has 0 spiro atoms. The van der Waals surface area contributed by atoms with Gasteiger partial charge in [-0.2, -0.15) is 0 Å². The second kappa shape index (κ2) is 8.85. The molecular weight excluding hydrogens is 338 g/mol. The maximum Gasteiger partial charge on any atom is 0.238 e. The van der Waals surface area contributed by atoms with E-state index in [0.29, 0.717) is 6.61 Å². The van der Waals surface area contributed by atoms with Crippen molar-refractivity contribution < 1.29 is 17.9 Å². The van der Waals surface area contributed by atoms with Crippen molar-refractivity contribution in [3.63, 3.8) is 0 Å². The number of nitrogens with zero attached hydrogens (tertiary/aromatic N) is 1. The Morgan fingerprint density at radius 3 is 1.88 bits per heavy atom. The van der Waals surface area contributed by atoms with Crippen molar-refractivity contribution in [3.8, 4) is 0 Å². The number of hydrogen-bond acceptors (Lipinski definition) is 4. The number of carbonyl (C=O) groups excluding carboxylic acids is 1. The van der Waals surface area contributed by atoms with Crippen molar-refractivity contribution in [2.24, 2.45) is 0 Å². The minimum Gasteiger partial charge on any atom is -0.377 e. The van der Waals surface area contributed by atoms with Gasteiger partial charge in [0, 0.05) is 18.7 Å². The highest BCUT2D eigenvalue weighted by molar-refractivity contribution is 7.92. The summed E-state index contributed by atoms with van der Waals surface area (Å²) in [6.45, 7) is 0.643. The largest absolute Gasteiger partial charge is 0.377 e. The molecule has 5 nitrogen and oxygen atoms in total. The van der Waals surface area contributed by atoms with E-state index in [4.69, 9.17) is 4.74 Å². The first-order valence-electron chi connectivity index (χ1n) is 10.2. The predicted octanol–water partition coefficient (Wildman–Crippen LogP) is 3.07. The van der Waals surface area contributed by atoms with Gasteiger partial charge in [-0.05, 0) is 38.5 Å². The van der Waals surface area contributed by atoms with Gasteiger partial charge in [0.1, 0.15) is 5.75 Å². The van der Waals surface area contributed by atoms with Gasteiger partial charge >= 0.3 is 0 Å². The highest BCUT2D eigenvalue weighted by Crippen LogP contribution is 2.30. The van der Waals surface area contributed by atoms with Crippen LogP contribution in [0.1, 0.15) is 77.0 Å². The van der Waals surface area contributed by atoms with Crippen LogP contribution in [-0.2, 0) is 19.4 Å². The zero-order valence-electron chi connectivity index (χ0n) is 15.3. The lowest BCUT2D eigenvalue weighted by molar-refractivity contribution is -0.135. The van der Waals surface area contributed by atoms with Crippen molar-refractivity contribution in [1.82, 2.24) is 4.90 Å². The summed E-state index contributed by atoms with van der Waals surface area (Å²) in [4.78, 5) is 15.0.